The van der Waals surface area contributed by atoms with Crippen LogP contribution in [0.25, 0.3) is 45.2 Å². The average Bonchev–Trinajstić information content (AvgIpc) is 3.51. The first-order valence-corrected chi connectivity index (χ1v) is 10.5. The summed E-state index contributed by atoms with van der Waals surface area (Å²) in [4.78, 5) is 17.6. The van der Waals surface area contributed by atoms with Crippen LogP contribution in [0.3, 0.4) is 0 Å². The van der Waals surface area contributed by atoms with Crippen molar-refractivity contribution in [2.24, 2.45) is 0 Å². The number of aromatic nitrogens is 1. The molecule has 2 heterocycles. The molecule has 6 rings (SSSR count). The van der Waals surface area contributed by atoms with Gasteiger partial charge in [-0.1, -0.05) is 60.7 Å². The van der Waals surface area contributed by atoms with Gasteiger partial charge in [-0.15, -0.1) is 0 Å². The van der Waals surface area contributed by atoms with E-state index in [4.69, 9.17) is 8.83 Å². The van der Waals surface area contributed by atoms with Gasteiger partial charge in [0.05, 0.1) is 0 Å². The first kappa shape index (κ1) is 19.5. The standard InChI is InChI=1S/C28H13N3O3/c29-14-17(15-30)25-20-9-3-4-10-21(20)26(32)23(25)12-18-13-24-28(33-18)31-27(34-24)22-11-5-7-16-6-1-2-8-19(16)22/h1-13H/b23-12-. The third-order valence-corrected chi connectivity index (χ3v) is 5.84. The van der Waals surface area contributed by atoms with Gasteiger partial charge < -0.3 is 8.83 Å². The maximum Gasteiger partial charge on any atom is 0.266 e. The Kier molecular flexibility index (Phi) is 4.26. The number of carbonyl (C=O) groups excluding carboxylic acids is 1. The number of nitrogens with zero attached hydrogens (tertiary/aromatic N) is 3. The third kappa shape index (κ3) is 2.87. The smallest absolute Gasteiger partial charge is 0.266 e. The number of oxazole rings is 1. The Labute approximate surface area is 193 Å². The van der Waals surface area contributed by atoms with Crippen molar-refractivity contribution >= 4 is 39.5 Å². The van der Waals surface area contributed by atoms with Crippen molar-refractivity contribution in [3.8, 4) is 23.6 Å². The highest BCUT2D eigenvalue weighted by Gasteiger charge is 2.32. The first-order chi connectivity index (χ1) is 16.7. The van der Waals surface area contributed by atoms with Gasteiger partial charge in [0, 0.05) is 28.3 Å². The van der Waals surface area contributed by atoms with E-state index >= 15 is 0 Å². The Morgan fingerprint density at radius 1 is 0.853 bits per heavy atom. The molecule has 3 aromatic carbocycles. The Balaban J connectivity index is 1.46. The molecule has 6 heteroatoms. The van der Waals surface area contributed by atoms with E-state index < -0.39 is 0 Å². The minimum absolute atomic E-state index is 0.129. The molecule has 158 valence electrons. The fraction of sp³-hybridized carbons (Fsp3) is 0. The summed E-state index contributed by atoms with van der Waals surface area (Å²) in [5, 5.41) is 21.0. The number of allylic oxidation sites excluding steroid dienone is 3. The van der Waals surface area contributed by atoms with Gasteiger partial charge in [-0.2, -0.15) is 15.5 Å². The maximum atomic E-state index is 13.1. The van der Waals surface area contributed by atoms with Crippen LogP contribution < -0.4 is 0 Å². The lowest BCUT2D eigenvalue weighted by Gasteiger charge is -2.02. The molecule has 0 saturated carbocycles. The zero-order valence-corrected chi connectivity index (χ0v) is 17.6. The van der Waals surface area contributed by atoms with E-state index in [1.165, 1.54) is 6.08 Å². The summed E-state index contributed by atoms with van der Waals surface area (Å²) >= 11 is 0. The summed E-state index contributed by atoms with van der Waals surface area (Å²) in [6, 6.07) is 26.2. The van der Waals surface area contributed by atoms with E-state index in [0.29, 0.717) is 39.6 Å². The molecule has 34 heavy (non-hydrogen) atoms. The van der Waals surface area contributed by atoms with E-state index in [2.05, 4.69) is 4.98 Å². The lowest BCUT2D eigenvalue weighted by Crippen LogP contribution is -1.95. The van der Waals surface area contributed by atoms with Crippen LogP contribution in [0.15, 0.2) is 92.8 Å². The van der Waals surface area contributed by atoms with Crippen molar-refractivity contribution in [2.45, 2.75) is 0 Å². The van der Waals surface area contributed by atoms with Crippen molar-refractivity contribution in [1.29, 1.82) is 10.5 Å². The summed E-state index contributed by atoms with van der Waals surface area (Å²) < 4.78 is 11.8. The van der Waals surface area contributed by atoms with Gasteiger partial charge >= 0.3 is 0 Å². The molecule has 0 amide bonds. The second-order valence-electron chi connectivity index (χ2n) is 7.77. The van der Waals surface area contributed by atoms with Crippen LogP contribution in [0, 0.1) is 22.7 Å². The maximum absolute atomic E-state index is 13.1. The second-order valence-corrected chi connectivity index (χ2v) is 7.77. The highest BCUT2D eigenvalue weighted by Crippen LogP contribution is 2.40. The SMILES string of the molecule is N#CC(C#N)=C1/C(=C/c2cc3oc(-c4cccc5ccccc45)nc3o2)C(=O)c2ccccc21. The molecule has 0 saturated heterocycles. The molecule has 0 aliphatic heterocycles. The van der Waals surface area contributed by atoms with Gasteiger partial charge in [-0.3, -0.25) is 4.79 Å². The van der Waals surface area contributed by atoms with E-state index in [9.17, 15) is 15.3 Å². The van der Waals surface area contributed by atoms with Gasteiger partial charge in [0.1, 0.15) is 23.5 Å². The molecule has 2 aromatic heterocycles. The fourth-order valence-electron chi connectivity index (χ4n) is 4.34. The number of hydrogen-bond donors (Lipinski definition) is 0. The molecule has 1 aliphatic rings. The molecular weight excluding hydrogens is 426 g/mol. The highest BCUT2D eigenvalue weighted by atomic mass is 16.4. The molecule has 0 radical (unpaired) electrons. The van der Waals surface area contributed by atoms with Gasteiger partial charge in [-0.25, -0.2) is 0 Å². The Bertz CT molecular complexity index is 1750. The van der Waals surface area contributed by atoms with Crippen LogP contribution in [0.1, 0.15) is 21.7 Å². The summed E-state index contributed by atoms with van der Waals surface area (Å²) in [6.45, 7) is 0. The van der Waals surface area contributed by atoms with Crippen molar-refractivity contribution < 1.29 is 13.6 Å². The second kappa shape index (κ2) is 7.44. The number of nitriles is 2. The number of rotatable bonds is 2. The zero-order chi connectivity index (χ0) is 23.2. The molecule has 0 N–H and O–H groups in total. The molecular formula is C28H13N3O3. The lowest BCUT2D eigenvalue weighted by atomic mass is 9.99. The largest absolute Gasteiger partial charge is 0.436 e. The third-order valence-electron chi connectivity index (χ3n) is 5.84. The molecule has 1 aliphatic carbocycles. The molecule has 5 aromatic rings. The number of carbonyl (C=O) groups is 1. The number of Topliss-reactive ketones (excluding diaryl/α,β-unsaturated/α-hetero) is 1. The van der Waals surface area contributed by atoms with Crippen molar-refractivity contribution in [3.05, 3.63) is 101 Å². The van der Waals surface area contributed by atoms with Crippen molar-refractivity contribution in [3.63, 3.8) is 0 Å². The Morgan fingerprint density at radius 2 is 1.56 bits per heavy atom. The number of fused-ring (bicyclic) bond motifs is 3. The number of hydrogen-bond acceptors (Lipinski definition) is 6. The average molecular weight is 439 g/mol. The van der Waals surface area contributed by atoms with Crippen molar-refractivity contribution in [1.82, 2.24) is 4.98 Å². The van der Waals surface area contributed by atoms with Crippen LogP contribution in [0.4, 0.5) is 0 Å². The van der Waals surface area contributed by atoms with Crippen LogP contribution in [-0.2, 0) is 0 Å². The quantitative estimate of drug-likeness (QED) is 0.235. The van der Waals surface area contributed by atoms with Crippen molar-refractivity contribution in [2.75, 3.05) is 0 Å². The molecule has 0 spiro atoms. The predicted molar refractivity (Wildman–Crippen MR) is 126 cm³/mol. The number of benzene rings is 3. The van der Waals surface area contributed by atoms with E-state index in [0.717, 1.165) is 16.3 Å². The minimum atomic E-state index is -0.272. The summed E-state index contributed by atoms with van der Waals surface area (Å²) in [5.41, 5.74) is 2.99. The zero-order valence-electron chi connectivity index (χ0n) is 17.6. The van der Waals surface area contributed by atoms with Crippen LogP contribution in [0.5, 0.6) is 0 Å². The molecule has 6 nitrogen and oxygen atoms in total. The van der Waals surface area contributed by atoms with Crippen LogP contribution in [-0.4, -0.2) is 10.8 Å². The molecule has 0 bridgehead atoms. The molecule has 0 fully saturated rings. The minimum Gasteiger partial charge on any atom is -0.436 e. The molecule has 0 atom stereocenters. The lowest BCUT2D eigenvalue weighted by molar-refractivity contribution is 0.104. The van der Waals surface area contributed by atoms with Gasteiger partial charge in [-0.05, 0) is 28.5 Å². The van der Waals surface area contributed by atoms with Crippen LogP contribution in [0.2, 0.25) is 0 Å². The first-order valence-electron chi connectivity index (χ1n) is 10.5. The topological polar surface area (TPSA) is 104 Å². The Morgan fingerprint density at radius 3 is 2.35 bits per heavy atom. The summed E-state index contributed by atoms with van der Waals surface area (Å²) in [7, 11) is 0. The van der Waals surface area contributed by atoms with Crippen LogP contribution >= 0.6 is 0 Å². The predicted octanol–water partition coefficient (Wildman–Crippen LogP) is 6.32. The Hall–Kier alpha value is -5.20. The van der Waals surface area contributed by atoms with E-state index in [1.807, 2.05) is 54.6 Å². The monoisotopic (exact) mass is 439 g/mol. The van der Waals surface area contributed by atoms with Gasteiger partial charge in [0.25, 0.3) is 5.71 Å². The normalized spacial score (nSPS) is 13.9. The van der Waals surface area contributed by atoms with E-state index in [-0.39, 0.29) is 16.9 Å². The number of ketones is 1. The highest BCUT2D eigenvalue weighted by molar-refractivity contribution is 6.29. The van der Waals surface area contributed by atoms with Gasteiger partial charge in [0.2, 0.25) is 5.89 Å². The number of furan rings is 1. The van der Waals surface area contributed by atoms with E-state index in [1.54, 1.807) is 30.3 Å². The fourth-order valence-corrected chi connectivity index (χ4v) is 4.34. The summed E-state index contributed by atoms with van der Waals surface area (Å²) in [5.74, 6) is 0.506. The van der Waals surface area contributed by atoms with Gasteiger partial charge in [0.15, 0.2) is 11.4 Å². The molecule has 0 unspecified atom stereocenters. The summed E-state index contributed by atoms with van der Waals surface area (Å²) in [6.07, 6.45) is 1.53.